The van der Waals surface area contributed by atoms with Crippen molar-refractivity contribution in [2.45, 2.75) is 4.90 Å². The number of pyridine rings is 1. The minimum absolute atomic E-state index is 0.0128. The Balaban J connectivity index is 2.10. The van der Waals surface area contributed by atoms with Gasteiger partial charge in [0.2, 0.25) is 0 Å². The van der Waals surface area contributed by atoms with E-state index in [2.05, 4.69) is 9.71 Å². The molecule has 114 valence electrons. The molecule has 1 aromatic heterocycles. The van der Waals surface area contributed by atoms with E-state index in [9.17, 15) is 12.8 Å². The van der Waals surface area contributed by atoms with Gasteiger partial charge < -0.3 is 0 Å². The molecule has 0 aliphatic heterocycles. The maximum Gasteiger partial charge on any atom is 0.262 e. The van der Waals surface area contributed by atoms with E-state index in [4.69, 9.17) is 5.26 Å². The second-order valence-electron chi connectivity index (χ2n) is 4.74. The van der Waals surface area contributed by atoms with Crippen LogP contribution in [-0.2, 0) is 10.0 Å². The van der Waals surface area contributed by atoms with E-state index in [0.717, 1.165) is 6.07 Å². The third-order valence-corrected chi connectivity index (χ3v) is 4.65. The average molecular weight is 327 g/mol. The van der Waals surface area contributed by atoms with Gasteiger partial charge in [-0.3, -0.25) is 9.71 Å². The van der Waals surface area contributed by atoms with Crippen LogP contribution in [0.2, 0.25) is 0 Å². The van der Waals surface area contributed by atoms with Gasteiger partial charge in [0.15, 0.2) is 0 Å². The molecule has 0 saturated carbocycles. The maximum absolute atomic E-state index is 13.8. The molecule has 0 fully saturated rings. The highest BCUT2D eigenvalue weighted by molar-refractivity contribution is 7.93. The van der Waals surface area contributed by atoms with E-state index >= 15 is 0 Å². The zero-order valence-electron chi connectivity index (χ0n) is 11.7. The predicted octanol–water partition coefficient (Wildman–Crippen LogP) is 3.05. The molecule has 1 heterocycles. The molecule has 0 aliphatic rings. The standard InChI is InChI=1S/C16H10FN3O2S/c17-14-6-7-15(13-5-2-8-19-16(13)14)23(21,22)20-12-4-1-3-11(9-12)10-18/h1-9,20H. The lowest BCUT2D eigenvalue weighted by Gasteiger charge is -2.10. The van der Waals surface area contributed by atoms with Crippen LogP contribution < -0.4 is 4.72 Å². The Labute approximate surface area is 132 Å². The van der Waals surface area contributed by atoms with Crippen molar-refractivity contribution >= 4 is 26.6 Å². The van der Waals surface area contributed by atoms with Crippen LogP contribution >= 0.6 is 0 Å². The van der Waals surface area contributed by atoms with Crippen LogP contribution in [0.25, 0.3) is 10.9 Å². The number of nitriles is 1. The molecule has 5 nitrogen and oxygen atoms in total. The highest BCUT2D eigenvalue weighted by Gasteiger charge is 2.19. The number of halogens is 1. The average Bonchev–Trinajstić information content (AvgIpc) is 2.55. The van der Waals surface area contributed by atoms with Crippen LogP contribution in [0.3, 0.4) is 0 Å². The molecule has 3 aromatic rings. The van der Waals surface area contributed by atoms with E-state index < -0.39 is 15.8 Å². The first-order valence-electron chi connectivity index (χ1n) is 6.57. The molecule has 23 heavy (non-hydrogen) atoms. The molecule has 0 aliphatic carbocycles. The summed E-state index contributed by atoms with van der Waals surface area (Å²) < 4.78 is 41.3. The van der Waals surface area contributed by atoms with Gasteiger partial charge in [0.25, 0.3) is 10.0 Å². The summed E-state index contributed by atoms with van der Waals surface area (Å²) >= 11 is 0. The first-order valence-corrected chi connectivity index (χ1v) is 8.06. The van der Waals surface area contributed by atoms with Crippen molar-refractivity contribution in [2.75, 3.05) is 4.72 Å². The van der Waals surface area contributed by atoms with Crippen LogP contribution in [0, 0.1) is 17.1 Å². The van der Waals surface area contributed by atoms with Crippen molar-refractivity contribution in [2.24, 2.45) is 0 Å². The van der Waals surface area contributed by atoms with Gasteiger partial charge in [-0.1, -0.05) is 6.07 Å². The fraction of sp³-hybridized carbons (Fsp3) is 0. The molecule has 7 heteroatoms. The number of rotatable bonds is 3. The largest absolute Gasteiger partial charge is 0.280 e. The molecule has 0 saturated heterocycles. The number of benzene rings is 2. The summed E-state index contributed by atoms with van der Waals surface area (Å²) in [4.78, 5) is 3.80. The summed E-state index contributed by atoms with van der Waals surface area (Å²) in [5.41, 5.74) is 0.572. The quantitative estimate of drug-likeness (QED) is 0.801. The highest BCUT2D eigenvalue weighted by Crippen LogP contribution is 2.25. The summed E-state index contributed by atoms with van der Waals surface area (Å²) in [6.45, 7) is 0. The number of anilines is 1. The normalized spacial score (nSPS) is 11.1. The Morgan fingerprint density at radius 1 is 1.13 bits per heavy atom. The van der Waals surface area contributed by atoms with Gasteiger partial charge in [-0.25, -0.2) is 12.8 Å². The number of nitrogens with zero attached hydrogens (tertiary/aromatic N) is 2. The van der Waals surface area contributed by atoms with E-state index in [-0.39, 0.29) is 21.5 Å². The van der Waals surface area contributed by atoms with Gasteiger partial charge in [-0.05, 0) is 42.5 Å². The van der Waals surface area contributed by atoms with Crippen molar-refractivity contribution < 1.29 is 12.8 Å². The molecule has 0 bridgehead atoms. The molecule has 0 spiro atoms. The van der Waals surface area contributed by atoms with Crippen molar-refractivity contribution in [1.82, 2.24) is 4.98 Å². The Hall–Kier alpha value is -2.98. The van der Waals surface area contributed by atoms with Gasteiger partial charge in [0, 0.05) is 11.6 Å². The van der Waals surface area contributed by atoms with Gasteiger partial charge in [-0.15, -0.1) is 0 Å². The summed E-state index contributed by atoms with van der Waals surface area (Å²) in [5.74, 6) is -0.592. The lowest BCUT2D eigenvalue weighted by molar-refractivity contribution is 0.601. The molecule has 0 radical (unpaired) electrons. The fourth-order valence-electron chi connectivity index (χ4n) is 2.21. The van der Waals surface area contributed by atoms with Crippen LogP contribution in [0.5, 0.6) is 0 Å². The first-order chi connectivity index (χ1) is 11.0. The number of aromatic nitrogens is 1. The number of sulfonamides is 1. The third kappa shape index (κ3) is 2.84. The van der Waals surface area contributed by atoms with E-state index in [0.29, 0.717) is 5.56 Å². The second-order valence-corrected chi connectivity index (χ2v) is 6.39. The zero-order valence-corrected chi connectivity index (χ0v) is 12.5. The number of nitrogens with one attached hydrogen (secondary N) is 1. The maximum atomic E-state index is 13.8. The second kappa shape index (κ2) is 5.66. The Bertz CT molecular complexity index is 1040. The SMILES string of the molecule is N#Cc1cccc(NS(=O)(=O)c2ccc(F)c3ncccc23)c1. The molecule has 3 rings (SSSR count). The van der Waals surface area contributed by atoms with Gasteiger partial charge in [-0.2, -0.15) is 5.26 Å². The molecule has 0 unspecified atom stereocenters. The Morgan fingerprint density at radius 3 is 2.74 bits per heavy atom. The third-order valence-electron chi connectivity index (χ3n) is 3.21. The summed E-state index contributed by atoms with van der Waals surface area (Å²) in [7, 11) is -3.95. The van der Waals surface area contributed by atoms with Gasteiger partial charge in [0.05, 0.1) is 22.2 Å². The van der Waals surface area contributed by atoms with Crippen molar-refractivity contribution in [3.8, 4) is 6.07 Å². The fourth-order valence-corrected chi connectivity index (χ4v) is 3.46. The smallest absolute Gasteiger partial charge is 0.262 e. The molecule has 2 aromatic carbocycles. The van der Waals surface area contributed by atoms with Crippen molar-refractivity contribution in [3.05, 3.63) is 66.1 Å². The van der Waals surface area contributed by atoms with Crippen LogP contribution in [0.1, 0.15) is 5.56 Å². The lowest BCUT2D eigenvalue weighted by atomic mass is 10.2. The van der Waals surface area contributed by atoms with Gasteiger partial charge in [0.1, 0.15) is 11.3 Å². The Morgan fingerprint density at radius 2 is 1.96 bits per heavy atom. The summed E-state index contributed by atoms with van der Waals surface area (Å²) in [6.07, 6.45) is 1.39. The summed E-state index contributed by atoms with van der Waals surface area (Å²) in [5, 5.41) is 9.06. The first kappa shape index (κ1) is 14.9. The topological polar surface area (TPSA) is 82.9 Å². The molecule has 1 N–H and O–H groups in total. The molecule has 0 atom stereocenters. The molecule has 0 amide bonds. The number of hydrogen-bond donors (Lipinski definition) is 1. The molecular weight excluding hydrogens is 317 g/mol. The van der Waals surface area contributed by atoms with Crippen LogP contribution in [-0.4, -0.2) is 13.4 Å². The minimum atomic E-state index is -3.95. The number of fused-ring (bicyclic) bond motifs is 1. The van der Waals surface area contributed by atoms with E-state index in [1.165, 1.54) is 36.5 Å². The van der Waals surface area contributed by atoms with Crippen LogP contribution in [0.15, 0.2) is 59.6 Å². The van der Waals surface area contributed by atoms with E-state index in [1.54, 1.807) is 12.1 Å². The number of hydrogen-bond acceptors (Lipinski definition) is 4. The lowest BCUT2D eigenvalue weighted by Crippen LogP contribution is -2.13. The monoisotopic (exact) mass is 327 g/mol. The van der Waals surface area contributed by atoms with Crippen molar-refractivity contribution in [1.29, 1.82) is 5.26 Å². The summed E-state index contributed by atoms with van der Waals surface area (Å²) in [6, 6.07) is 13.3. The van der Waals surface area contributed by atoms with Gasteiger partial charge >= 0.3 is 0 Å². The van der Waals surface area contributed by atoms with Crippen LogP contribution in [0.4, 0.5) is 10.1 Å². The van der Waals surface area contributed by atoms with E-state index in [1.807, 2.05) is 6.07 Å². The zero-order chi connectivity index (χ0) is 16.4. The predicted molar refractivity (Wildman–Crippen MR) is 83.7 cm³/mol. The minimum Gasteiger partial charge on any atom is -0.280 e. The molecular formula is C16H10FN3O2S. The highest BCUT2D eigenvalue weighted by atomic mass is 32.2. The Kier molecular flexibility index (Phi) is 3.68. The van der Waals surface area contributed by atoms with Crippen molar-refractivity contribution in [3.63, 3.8) is 0 Å².